The fourth-order valence-electron chi connectivity index (χ4n) is 1.81. The number of thioether (sulfide) groups is 1. The first-order valence-corrected chi connectivity index (χ1v) is 8.65. The zero-order chi connectivity index (χ0) is 17.6. The lowest BCUT2D eigenvalue weighted by molar-refractivity contribution is -0.155. The monoisotopic (exact) mass is 337 g/mol. The molecule has 0 aliphatic heterocycles. The molecule has 2 aromatic heterocycles. The Kier molecular flexibility index (Phi) is 6.75. The van der Waals surface area contributed by atoms with Crippen LogP contribution < -0.4 is 5.56 Å². The third-order valence-corrected chi connectivity index (χ3v) is 3.15. The van der Waals surface area contributed by atoms with E-state index >= 15 is 0 Å². The van der Waals surface area contributed by atoms with E-state index in [9.17, 15) is 9.59 Å². The third-order valence-electron chi connectivity index (χ3n) is 2.59. The van der Waals surface area contributed by atoms with Crippen molar-refractivity contribution in [2.24, 2.45) is 0 Å². The van der Waals surface area contributed by atoms with E-state index in [4.69, 9.17) is 4.74 Å². The van der Waals surface area contributed by atoms with Gasteiger partial charge in [-0.3, -0.25) is 14.2 Å². The van der Waals surface area contributed by atoms with Crippen LogP contribution in [0.25, 0.3) is 11.0 Å². The summed E-state index contributed by atoms with van der Waals surface area (Å²) >= 11 is 1.37. The number of hydrogen-bond donors (Lipinski definition) is 0. The lowest BCUT2D eigenvalue weighted by Crippen LogP contribution is -2.30. The number of carbonyl (C=O) groups excluding carboxylic acids is 1. The minimum absolute atomic E-state index is 0.168. The summed E-state index contributed by atoms with van der Waals surface area (Å²) in [7, 11) is 0. The highest BCUT2D eigenvalue weighted by Crippen LogP contribution is 2.14. The molecule has 0 N–H and O–H groups in total. The first-order valence-electron chi connectivity index (χ1n) is 7.42. The number of esters is 1. The topological polar surface area (TPSA) is 74.1 Å². The molecule has 2 aromatic rings. The molecule has 0 saturated heterocycles. The van der Waals surface area contributed by atoms with Crippen LogP contribution >= 0.6 is 11.8 Å². The van der Waals surface area contributed by atoms with Crippen molar-refractivity contribution in [2.75, 3.05) is 6.26 Å². The second kappa shape index (κ2) is 8.10. The van der Waals surface area contributed by atoms with E-state index in [1.54, 1.807) is 33.0 Å². The van der Waals surface area contributed by atoms with Crippen molar-refractivity contribution >= 4 is 28.8 Å². The van der Waals surface area contributed by atoms with Gasteiger partial charge in [-0.15, -0.1) is 0 Å². The van der Waals surface area contributed by atoms with Crippen LogP contribution in [0.5, 0.6) is 0 Å². The summed E-state index contributed by atoms with van der Waals surface area (Å²) in [6.45, 7) is 9.18. The fourth-order valence-corrected chi connectivity index (χ4v) is 2.15. The largest absolute Gasteiger partial charge is 0.459 e. The summed E-state index contributed by atoms with van der Waals surface area (Å²) in [4.78, 5) is 32.4. The van der Waals surface area contributed by atoms with Gasteiger partial charge < -0.3 is 4.74 Å². The zero-order valence-electron chi connectivity index (χ0n) is 14.4. The highest BCUT2D eigenvalue weighted by molar-refractivity contribution is 7.98. The molecule has 0 radical (unpaired) electrons. The molecule has 6 nitrogen and oxygen atoms in total. The van der Waals surface area contributed by atoms with Crippen LogP contribution in [-0.2, 0) is 16.1 Å². The molecule has 0 aliphatic carbocycles. The molecular weight excluding hydrogens is 314 g/mol. The summed E-state index contributed by atoms with van der Waals surface area (Å²) in [5, 5.41) is 1.25. The van der Waals surface area contributed by atoms with Gasteiger partial charge >= 0.3 is 5.97 Å². The Bertz CT molecular complexity index is 735. The van der Waals surface area contributed by atoms with Crippen molar-refractivity contribution in [3.63, 3.8) is 0 Å². The van der Waals surface area contributed by atoms with Crippen LogP contribution in [0.3, 0.4) is 0 Å². The molecular formula is C16H23N3O3S. The second-order valence-corrected chi connectivity index (χ2v) is 6.25. The number of aromatic nitrogens is 3. The van der Waals surface area contributed by atoms with E-state index < -0.39 is 11.6 Å². The maximum atomic E-state index is 12.0. The Morgan fingerprint density at radius 1 is 1.30 bits per heavy atom. The van der Waals surface area contributed by atoms with Gasteiger partial charge in [-0.1, -0.05) is 25.6 Å². The average molecular weight is 337 g/mol. The molecule has 2 heterocycles. The molecule has 0 aliphatic rings. The number of rotatable bonds is 3. The molecule has 126 valence electrons. The highest BCUT2D eigenvalue weighted by atomic mass is 32.2. The van der Waals surface area contributed by atoms with Crippen LogP contribution in [0, 0.1) is 0 Å². The molecule has 0 atom stereocenters. The number of ether oxygens (including phenoxy) is 1. The number of fused-ring (bicyclic) bond motifs is 1. The van der Waals surface area contributed by atoms with Gasteiger partial charge in [0.25, 0.3) is 5.56 Å². The second-order valence-electron chi connectivity index (χ2n) is 5.48. The molecule has 0 saturated carbocycles. The lowest BCUT2D eigenvalue weighted by Gasteiger charge is -2.20. The van der Waals surface area contributed by atoms with Gasteiger partial charge in [-0.05, 0) is 33.1 Å². The fraction of sp³-hybridized carbons (Fsp3) is 0.500. The van der Waals surface area contributed by atoms with Crippen molar-refractivity contribution < 1.29 is 9.53 Å². The Morgan fingerprint density at radius 2 is 1.96 bits per heavy atom. The van der Waals surface area contributed by atoms with Crippen LogP contribution in [0.1, 0.15) is 34.6 Å². The SMILES string of the molecule is CC.CSc1ncc2ccc(=O)n(CC(=O)OC(C)(C)C)c2n1. The van der Waals surface area contributed by atoms with Crippen LogP contribution in [0.4, 0.5) is 0 Å². The van der Waals surface area contributed by atoms with E-state index in [-0.39, 0.29) is 12.1 Å². The Labute approximate surface area is 140 Å². The van der Waals surface area contributed by atoms with Crippen molar-refractivity contribution in [2.45, 2.75) is 51.9 Å². The van der Waals surface area contributed by atoms with Gasteiger partial charge in [-0.2, -0.15) is 0 Å². The Hall–Kier alpha value is -1.89. The maximum absolute atomic E-state index is 12.0. The van der Waals surface area contributed by atoms with Crippen LogP contribution in [-0.4, -0.2) is 32.4 Å². The number of carbonyl (C=O) groups is 1. The summed E-state index contributed by atoms with van der Waals surface area (Å²) in [5.74, 6) is -0.471. The molecule has 2 rings (SSSR count). The maximum Gasteiger partial charge on any atom is 0.326 e. The third kappa shape index (κ3) is 5.35. The van der Waals surface area contributed by atoms with Crippen LogP contribution in [0.2, 0.25) is 0 Å². The standard InChI is InChI=1S/C14H17N3O3S.C2H6/c1-14(2,3)20-11(19)8-17-10(18)6-5-9-7-15-13(21-4)16-12(9)17;1-2/h5-7H,8H2,1-4H3;1-2H3. The average Bonchev–Trinajstić information content (AvgIpc) is 2.50. The smallest absolute Gasteiger partial charge is 0.326 e. The predicted molar refractivity (Wildman–Crippen MR) is 92.8 cm³/mol. The van der Waals surface area contributed by atoms with E-state index in [2.05, 4.69) is 9.97 Å². The van der Waals surface area contributed by atoms with Crippen molar-refractivity contribution in [3.8, 4) is 0 Å². The Balaban J connectivity index is 0.00000127. The van der Waals surface area contributed by atoms with Crippen LogP contribution in [0.15, 0.2) is 28.3 Å². The number of nitrogens with zero attached hydrogens (tertiary/aromatic N) is 3. The normalized spacial score (nSPS) is 10.9. The quantitative estimate of drug-likeness (QED) is 0.487. The van der Waals surface area contributed by atoms with Gasteiger partial charge in [-0.25, -0.2) is 9.97 Å². The van der Waals surface area contributed by atoms with Gasteiger partial charge in [0, 0.05) is 17.6 Å². The lowest BCUT2D eigenvalue weighted by atomic mass is 10.2. The van der Waals surface area contributed by atoms with Gasteiger partial charge in [0.2, 0.25) is 0 Å². The Morgan fingerprint density at radius 3 is 2.52 bits per heavy atom. The molecule has 0 aromatic carbocycles. The minimum Gasteiger partial charge on any atom is -0.459 e. The first-order chi connectivity index (χ1) is 10.8. The first kappa shape index (κ1) is 19.2. The van der Waals surface area contributed by atoms with Crippen molar-refractivity contribution in [1.82, 2.24) is 14.5 Å². The van der Waals surface area contributed by atoms with E-state index in [0.29, 0.717) is 16.2 Å². The molecule has 7 heteroatoms. The van der Waals surface area contributed by atoms with Gasteiger partial charge in [0.05, 0.1) is 0 Å². The van der Waals surface area contributed by atoms with E-state index in [1.807, 2.05) is 20.1 Å². The number of pyridine rings is 1. The van der Waals surface area contributed by atoms with Gasteiger partial charge in [0.1, 0.15) is 17.8 Å². The molecule has 23 heavy (non-hydrogen) atoms. The summed E-state index contributed by atoms with van der Waals surface area (Å²) < 4.78 is 6.57. The molecule has 0 unspecified atom stereocenters. The highest BCUT2D eigenvalue weighted by Gasteiger charge is 2.18. The predicted octanol–water partition coefficient (Wildman–Crippen LogP) is 2.88. The molecule has 0 amide bonds. The zero-order valence-corrected chi connectivity index (χ0v) is 15.2. The molecule has 0 bridgehead atoms. The van der Waals surface area contributed by atoms with Crippen molar-refractivity contribution in [1.29, 1.82) is 0 Å². The summed E-state index contributed by atoms with van der Waals surface area (Å²) in [6.07, 6.45) is 3.49. The van der Waals surface area contributed by atoms with Gasteiger partial charge in [0.15, 0.2) is 5.16 Å². The summed E-state index contributed by atoms with van der Waals surface area (Å²) in [6, 6.07) is 3.04. The molecule has 0 fully saturated rings. The van der Waals surface area contributed by atoms with E-state index in [1.165, 1.54) is 22.4 Å². The molecule has 0 spiro atoms. The van der Waals surface area contributed by atoms with Crippen molar-refractivity contribution in [3.05, 3.63) is 28.7 Å². The summed E-state index contributed by atoms with van der Waals surface area (Å²) in [5.41, 5.74) is -0.447. The minimum atomic E-state index is -0.593. The number of hydrogen-bond acceptors (Lipinski definition) is 6. The van der Waals surface area contributed by atoms with E-state index in [0.717, 1.165) is 0 Å².